The van der Waals surface area contributed by atoms with Crippen LogP contribution in [-0.4, -0.2) is 15.9 Å². The number of thiophene rings is 1. The number of carbonyl (C=O) groups is 1. The number of aromatic amines is 1. The number of benzene rings is 1. The molecule has 1 aromatic carbocycles. The predicted molar refractivity (Wildman–Crippen MR) is 99.7 cm³/mol. The van der Waals surface area contributed by atoms with E-state index in [-0.39, 0.29) is 17.2 Å². The number of nitrogens with one attached hydrogen (secondary N) is 1. The Morgan fingerprint density at radius 2 is 2.15 bits per heavy atom. The number of aromatic nitrogens is 2. The van der Waals surface area contributed by atoms with Crippen LogP contribution in [0.1, 0.15) is 34.9 Å². The lowest BCUT2D eigenvalue weighted by Gasteiger charge is -2.11. The van der Waals surface area contributed by atoms with Gasteiger partial charge >= 0.3 is 5.97 Å². The maximum atomic E-state index is 13.1. The Kier molecular flexibility index (Phi) is 4.99. The van der Waals surface area contributed by atoms with Crippen LogP contribution in [0.5, 0.6) is 0 Å². The first kappa shape index (κ1) is 18.0. The lowest BCUT2D eigenvalue weighted by molar-refractivity contribution is -0.142. The van der Waals surface area contributed by atoms with Crippen LogP contribution in [0.4, 0.5) is 4.39 Å². The Bertz CT molecular complexity index is 1070. The summed E-state index contributed by atoms with van der Waals surface area (Å²) in [5.74, 6) is -0.704. The normalized spacial score (nSPS) is 12.6. The molecule has 0 saturated carbocycles. The molecule has 1 N–H and O–H groups in total. The third-order valence-corrected chi connectivity index (χ3v) is 5.10. The molecule has 2 heterocycles. The van der Waals surface area contributed by atoms with Gasteiger partial charge in [0.1, 0.15) is 10.6 Å². The standard InChI is InChI=1S/C19H17FN2O3S/c1-10-12(3)26-19-16(10)18(24)21-17(22-19)11(2)25-15(23)8-7-13-5-4-6-14(20)9-13/h4-9,11H,1-3H3,(H,21,22,24)/b8-7+/t11-/m0/s1. The van der Waals surface area contributed by atoms with Crippen molar-refractivity contribution in [2.75, 3.05) is 0 Å². The number of carbonyl (C=O) groups excluding carboxylic acids is 1. The second kappa shape index (κ2) is 7.21. The Labute approximate surface area is 153 Å². The fraction of sp³-hybridized carbons (Fsp3) is 0.211. The summed E-state index contributed by atoms with van der Waals surface area (Å²) >= 11 is 1.43. The lowest BCUT2D eigenvalue weighted by atomic mass is 10.2. The van der Waals surface area contributed by atoms with Gasteiger partial charge in [-0.2, -0.15) is 0 Å². The molecule has 0 saturated heterocycles. The number of fused-ring (bicyclic) bond motifs is 1. The van der Waals surface area contributed by atoms with Gasteiger partial charge in [0.05, 0.1) is 5.39 Å². The molecule has 0 aliphatic heterocycles. The van der Waals surface area contributed by atoms with E-state index < -0.39 is 12.1 Å². The number of nitrogens with zero attached hydrogens (tertiary/aromatic N) is 1. The number of H-pyrrole nitrogens is 1. The predicted octanol–water partition coefficient (Wildman–Crippen LogP) is 4.06. The van der Waals surface area contributed by atoms with Crippen molar-refractivity contribution in [3.8, 4) is 0 Å². The quantitative estimate of drug-likeness (QED) is 0.554. The first-order chi connectivity index (χ1) is 12.3. The van der Waals surface area contributed by atoms with Gasteiger partial charge in [-0.05, 0) is 50.1 Å². The highest BCUT2D eigenvalue weighted by atomic mass is 32.1. The molecule has 1 atom stereocenters. The lowest BCUT2D eigenvalue weighted by Crippen LogP contribution is -2.16. The second-order valence-corrected chi connectivity index (χ2v) is 7.09. The highest BCUT2D eigenvalue weighted by Gasteiger charge is 2.17. The second-order valence-electron chi connectivity index (χ2n) is 5.88. The number of aryl methyl sites for hydroxylation is 2. The van der Waals surface area contributed by atoms with E-state index in [1.165, 1.54) is 35.6 Å². The van der Waals surface area contributed by atoms with Crippen LogP contribution in [0.15, 0.2) is 35.1 Å². The molecule has 0 unspecified atom stereocenters. The SMILES string of the molecule is Cc1sc2nc([C@H](C)OC(=O)/C=C/c3cccc(F)c3)[nH]c(=O)c2c1C. The maximum Gasteiger partial charge on any atom is 0.331 e. The van der Waals surface area contributed by atoms with E-state index in [0.29, 0.717) is 15.8 Å². The zero-order valence-corrected chi connectivity index (χ0v) is 15.3. The molecular formula is C19H17FN2O3S. The first-order valence-electron chi connectivity index (χ1n) is 7.99. The Morgan fingerprint density at radius 3 is 2.88 bits per heavy atom. The molecule has 0 fully saturated rings. The summed E-state index contributed by atoms with van der Waals surface area (Å²) in [5.41, 5.74) is 1.21. The van der Waals surface area contributed by atoms with Crippen molar-refractivity contribution < 1.29 is 13.9 Å². The smallest absolute Gasteiger partial charge is 0.331 e. The molecule has 0 aliphatic carbocycles. The van der Waals surface area contributed by atoms with Crippen molar-refractivity contribution in [1.82, 2.24) is 9.97 Å². The molecule has 134 valence electrons. The number of ether oxygens (including phenoxy) is 1. The molecule has 0 amide bonds. The Morgan fingerprint density at radius 1 is 1.38 bits per heavy atom. The fourth-order valence-corrected chi connectivity index (χ4v) is 3.54. The van der Waals surface area contributed by atoms with Gasteiger partial charge in [0.15, 0.2) is 11.9 Å². The minimum Gasteiger partial charge on any atom is -0.451 e. The molecule has 0 bridgehead atoms. The summed E-state index contributed by atoms with van der Waals surface area (Å²) in [6, 6.07) is 5.86. The van der Waals surface area contributed by atoms with Crippen molar-refractivity contribution in [3.05, 3.63) is 68.3 Å². The zero-order chi connectivity index (χ0) is 18.8. The molecule has 0 spiro atoms. The van der Waals surface area contributed by atoms with Crippen LogP contribution in [0.2, 0.25) is 0 Å². The van der Waals surface area contributed by atoms with Gasteiger partial charge in [0.2, 0.25) is 0 Å². The van der Waals surface area contributed by atoms with Crippen molar-refractivity contribution >= 4 is 33.6 Å². The topological polar surface area (TPSA) is 72.0 Å². The van der Waals surface area contributed by atoms with Crippen LogP contribution < -0.4 is 5.56 Å². The summed E-state index contributed by atoms with van der Waals surface area (Å²) in [4.78, 5) is 33.0. The highest BCUT2D eigenvalue weighted by molar-refractivity contribution is 7.18. The monoisotopic (exact) mass is 372 g/mol. The van der Waals surface area contributed by atoms with E-state index in [9.17, 15) is 14.0 Å². The number of halogens is 1. The largest absolute Gasteiger partial charge is 0.451 e. The average molecular weight is 372 g/mol. The van der Waals surface area contributed by atoms with Gasteiger partial charge in [-0.1, -0.05) is 12.1 Å². The van der Waals surface area contributed by atoms with Crippen molar-refractivity contribution in [3.63, 3.8) is 0 Å². The van der Waals surface area contributed by atoms with Gasteiger partial charge in [-0.25, -0.2) is 14.2 Å². The summed E-state index contributed by atoms with van der Waals surface area (Å²) in [5, 5.41) is 0.570. The molecule has 2 aromatic heterocycles. The van der Waals surface area contributed by atoms with Crippen LogP contribution >= 0.6 is 11.3 Å². The molecule has 3 rings (SSSR count). The van der Waals surface area contributed by atoms with Gasteiger partial charge in [0, 0.05) is 11.0 Å². The van der Waals surface area contributed by atoms with E-state index in [4.69, 9.17) is 4.74 Å². The van der Waals surface area contributed by atoms with E-state index in [0.717, 1.165) is 10.4 Å². The zero-order valence-electron chi connectivity index (χ0n) is 14.5. The van der Waals surface area contributed by atoms with Gasteiger partial charge in [-0.3, -0.25) is 4.79 Å². The molecule has 5 nitrogen and oxygen atoms in total. The average Bonchev–Trinajstić information content (AvgIpc) is 2.87. The Balaban J connectivity index is 1.77. The summed E-state index contributed by atoms with van der Waals surface area (Å²) in [7, 11) is 0. The van der Waals surface area contributed by atoms with E-state index in [2.05, 4.69) is 9.97 Å². The van der Waals surface area contributed by atoms with Crippen LogP contribution in [0.25, 0.3) is 16.3 Å². The fourth-order valence-electron chi connectivity index (χ4n) is 2.51. The Hall–Kier alpha value is -2.80. The minimum absolute atomic E-state index is 0.245. The van der Waals surface area contributed by atoms with Crippen LogP contribution in [-0.2, 0) is 9.53 Å². The molecular weight excluding hydrogens is 355 g/mol. The molecule has 7 heteroatoms. The molecule has 0 radical (unpaired) electrons. The first-order valence-corrected chi connectivity index (χ1v) is 8.81. The van der Waals surface area contributed by atoms with E-state index in [1.807, 2.05) is 13.8 Å². The number of esters is 1. The van der Waals surface area contributed by atoms with Gasteiger partial charge in [-0.15, -0.1) is 11.3 Å². The van der Waals surface area contributed by atoms with Crippen molar-refractivity contribution in [2.24, 2.45) is 0 Å². The number of rotatable bonds is 4. The summed E-state index contributed by atoms with van der Waals surface area (Å²) in [6.45, 7) is 5.44. The molecule has 3 aromatic rings. The van der Waals surface area contributed by atoms with E-state index in [1.54, 1.807) is 19.1 Å². The summed E-state index contributed by atoms with van der Waals surface area (Å²) in [6.07, 6.45) is 1.95. The van der Waals surface area contributed by atoms with Crippen molar-refractivity contribution in [1.29, 1.82) is 0 Å². The van der Waals surface area contributed by atoms with Crippen LogP contribution in [0, 0.1) is 19.7 Å². The van der Waals surface area contributed by atoms with Gasteiger partial charge < -0.3 is 9.72 Å². The van der Waals surface area contributed by atoms with Crippen LogP contribution in [0.3, 0.4) is 0 Å². The molecule has 26 heavy (non-hydrogen) atoms. The van der Waals surface area contributed by atoms with E-state index >= 15 is 0 Å². The number of hydrogen-bond donors (Lipinski definition) is 1. The third kappa shape index (κ3) is 3.72. The highest BCUT2D eigenvalue weighted by Crippen LogP contribution is 2.26. The van der Waals surface area contributed by atoms with Crippen molar-refractivity contribution in [2.45, 2.75) is 26.9 Å². The summed E-state index contributed by atoms with van der Waals surface area (Å²) < 4.78 is 18.4. The molecule has 0 aliphatic rings. The maximum absolute atomic E-state index is 13.1. The van der Waals surface area contributed by atoms with Gasteiger partial charge in [0.25, 0.3) is 5.56 Å². The number of hydrogen-bond acceptors (Lipinski definition) is 5. The minimum atomic E-state index is -0.723. The third-order valence-electron chi connectivity index (χ3n) is 4.00.